The van der Waals surface area contributed by atoms with Gasteiger partial charge in [-0.15, -0.1) is 6.42 Å². The Balaban J connectivity index is 3.33. The van der Waals surface area contributed by atoms with Crippen molar-refractivity contribution in [2.45, 2.75) is 26.3 Å². The average molecular weight is 221 g/mol. The van der Waals surface area contributed by atoms with E-state index in [1.807, 2.05) is 13.8 Å². The van der Waals surface area contributed by atoms with Gasteiger partial charge < -0.3 is 15.0 Å². The standard InChI is InChI=1S/C11H15N3O2/c1-5-7(3)14-8(6-2)13-9(10(14)12)11(15)16-4/h1,7H,6,12H2,2-4H3. The molecule has 0 fully saturated rings. The molecule has 5 nitrogen and oxygen atoms in total. The minimum atomic E-state index is -0.546. The van der Waals surface area contributed by atoms with Crippen molar-refractivity contribution in [3.8, 4) is 12.3 Å². The Bertz CT molecular complexity index is 443. The monoisotopic (exact) mass is 221 g/mol. The molecule has 2 N–H and O–H groups in total. The number of ether oxygens (including phenoxy) is 1. The van der Waals surface area contributed by atoms with Crippen LogP contribution in [0.4, 0.5) is 5.82 Å². The smallest absolute Gasteiger partial charge is 0.360 e. The molecule has 0 spiro atoms. The lowest BCUT2D eigenvalue weighted by atomic mass is 10.3. The number of nitrogen functional groups attached to an aromatic ring is 1. The van der Waals surface area contributed by atoms with Gasteiger partial charge in [0, 0.05) is 6.42 Å². The Hall–Kier alpha value is -1.96. The van der Waals surface area contributed by atoms with E-state index in [2.05, 4.69) is 15.6 Å². The van der Waals surface area contributed by atoms with Gasteiger partial charge >= 0.3 is 5.97 Å². The van der Waals surface area contributed by atoms with Crippen LogP contribution in [-0.2, 0) is 11.2 Å². The molecule has 0 aliphatic rings. The van der Waals surface area contributed by atoms with Crippen LogP contribution in [0, 0.1) is 12.3 Å². The zero-order valence-corrected chi connectivity index (χ0v) is 9.65. The highest BCUT2D eigenvalue weighted by Crippen LogP contribution is 2.21. The zero-order valence-electron chi connectivity index (χ0n) is 9.65. The number of terminal acetylenes is 1. The summed E-state index contributed by atoms with van der Waals surface area (Å²) in [6.07, 6.45) is 5.99. The molecule has 0 saturated carbocycles. The van der Waals surface area contributed by atoms with Crippen LogP contribution in [0.2, 0.25) is 0 Å². The quantitative estimate of drug-likeness (QED) is 0.610. The van der Waals surface area contributed by atoms with Crippen molar-refractivity contribution in [2.75, 3.05) is 12.8 Å². The molecule has 0 radical (unpaired) electrons. The van der Waals surface area contributed by atoms with Gasteiger partial charge in [-0.05, 0) is 6.92 Å². The van der Waals surface area contributed by atoms with Gasteiger partial charge in [-0.3, -0.25) is 0 Å². The lowest BCUT2D eigenvalue weighted by Gasteiger charge is -2.11. The summed E-state index contributed by atoms with van der Waals surface area (Å²) in [6, 6.07) is -0.235. The summed E-state index contributed by atoms with van der Waals surface area (Å²) < 4.78 is 6.27. The average Bonchev–Trinajstić information content (AvgIpc) is 2.64. The van der Waals surface area contributed by atoms with E-state index in [9.17, 15) is 4.79 Å². The Morgan fingerprint density at radius 2 is 2.38 bits per heavy atom. The molecule has 86 valence electrons. The van der Waals surface area contributed by atoms with Crippen LogP contribution in [-0.4, -0.2) is 22.6 Å². The maximum Gasteiger partial charge on any atom is 0.360 e. The van der Waals surface area contributed by atoms with Crippen LogP contribution in [0.25, 0.3) is 0 Å². The minimum Gasteiger partial charge on any atom is -0.464 e. The second kappa shape index (κ2) is 4.71. The summed E-state index contributed by atoms with van der Waals surface area (Å²) in [4.78, 5) is 15.5. The fourth-order valence-electron chi connectivity index (χ4n) is 1.50. The summed E-state index contributed by atoms with van der Waals surface area (Å²) in [5, 5.41) is 0. The van der Waals surface area contributed by atoms with E-state index in [4.69, 9.17) is 12.2 Å². The topological polar surface area (TPSA) is 70.1 Å². The van der Waals surface area contributed by atoms with Gasteiger partial charge in [0.05, 0.1) is 13.2 Å². The fourth-order valence-corrected chi connectivity index (χ4v) is 1.50. The largest absolute Gasteiger partial charge is 0.464 e. The molecular formula is C11H15N3O2. The predicted molar refractivity (Wildman–Crippen MR) is 60.9 cm³/mol. The minimum absolute atomic E-state index is 0.126. The normalized spacial score (nSPS) is 11.9. The summed E-state index contributed by atoms with van der Waals surface area (Å²) in [7, 11) is 1.29. The Morgan fingerprint density at radius 1 is 1.75 bits per heavy atom. The Kier molecular flexibility index (Phi) is 3.56. The molecule has 0 saturated heterocycles. The number of hydrogen-bond acceptors (Lipinski definition) is 4. The van der Waals surface area contributed by atoms with Crippen LogP contribution < -0.4 is 5.73 Å². The van der Waals surface area contributed by atoms with Gasteiger partial charge in [0.25, 0.3) is 0 Å². The van der Waals surface area contributed by atoms with E-state index in [0.717, 1.165) is 0 Å². The van der Waals surface area contributed by atoms with E-state index >= 15 is 0 Å². The van der Waals surface area contributed by atoms with Gasteiger partial charge in [-0.2, -0.15) is 0 Å². The van der Waals surface area contributed by atoms with Gasteiger partial charge in [0.1, 0.15) is 11.6 Å². The van der Waals surface area contributed by atoms with E-state index in [0.29, 0.717) is 12.2 Å². The molecule has 0 amide bonds. The van der Waals surface area contributed by atoms with E-state index in [1.54, 1.807) is 4.57 Å². The van der Waals surface area contributed by atoms with E-state index in [-0.39, 0.29) is 17.6 Å². The van der Waals surface area contributed by atoms with Crippen molar-refractivity contribution >= 4 is 11.8 Å². The van der Waals surface area contributed by atoms with Crippen LogP contribution in [0.5, 0.6) is 0 Å². The Labute approximate surface area is 94.6 Å². The van der Waals surface area contributed by atoms with Crippen molar-refractivity contribution < 1.29 is 9.53 Å². The Morgan fingerprint density at radius 3 is 2.81 bits per heavy atom. The number of carbonyl (C=O) groups is 1. The molecule has 0 aromatic carbocycles. The third kappa shape index (κ3) is 1.87. The summed E-state index contributed by atoms with van der Waals surface area (Å²) in [6.45, 7) is 3.74. The molecule has 1 heterocycles. The first-order valence-corrected chi connectivity index (χ1v) is 4.97. The van der Waals surface area contributed by atoms with Crippen molar-refractivity contribution in [3.05, 3.63) is 11.5 Å². The third-order valence-corrected chi connectivity index (χ3v) is 2.34. The second-order valence-corrected chi connectivity index (χ2v) is 3.32. The zero-order chi connectivity index (χ0) is 12.3. The number of esters is 1. The van der Waals surface area contributed by atoms with Crippen molar-refractivity contribution in [1.29, 1.82) is 0 Å². The number of nitrogens with two attached hydrogens (primary N) is 1. The van der Waals surface area contributed by atoms with Crippen LogP contribution >= 0.6 is 0 Å². The highest BCUT2D eigenvalue weighted by atomic mass is 16.5. The molecule has 1 rings (SSSR count). The lowest BCUT2D eigenvalue weighted by molar-refractivity contribution is 0.0595. The summed E-state index contributed by atoms with van der Waals surface area (Å²) in [5.74, 6) is 2.95. The number of carbonyl (C=O) groups excluding carboxylic acids is 1. The van der Waals surface area contributed by atoms with Gasteiger partial charge in [-0.25, -0.2) is 9.78 Å². The maximum absolute atomic E-state index is 11.4. The second-order valence-electron chi connectivity index (χ2n) is 3.32. The first-order valence-electron chi connectivity index (χ1n) is 4.97. The fraction of sp³-hybridized carbons (Fsp3) is 0.455. The lowest BCUT2D eigenvalue weighted by Crippen LogP contribution is -2.11. The summed E-state index contributed by atoms with van der Waals surface area (Å²) in [5.41, 5.74) is 5.96. The summed E-state index contributed by atoms with van der Waals surface area (Å²) >= 11 is 0. The van der Waals surface area contributed by atoms with Crippen molar-refractivity contribution in [3.63, 3.8) is 0 Å². The first-order chi connectivity index (χ1) is 7.56. The number of imidazole rings is 1. The SMILES string of the molecule is C#CC(C)n1c(CC)nc(C(=O)OC)c1N. The van der Waals surface area contributed by atoms with Gasteiger partial charge in [0.15, 0.2) is 5.69 Å². The molecule has 5 heteroatoms. The highest BCUT2D eigenvalue weighted by molar-refractivity contribution is 5.92. The van der Waals surface area contributed by atoms with Crippen molar-refractivity contribution in [1.82, 2.24) is 9.55 Å². The molecule has 0 aliphatic carbocycles. The van der Waals surface area contributed by atoms with Crippen LogP contribution in [0.15, 0.2) is 0 Å². The molecule has 1 atom stereocenters. The molecule has 1 aromatic rings. The third-order valence-electron chi connectivity index (χ3n) is 2.34. The molecule has 1 unspecified atom stereocenters. The number of hydrogen-bond donors (Lipinski definition) is 1. The van der Waals surface area contributed by atoms with Gasteiger partial charge in [0.2, 0.25) is 0 Å². The number of nitrogens with zero attached hydrogens (tertiary/aromatic N) is 2. The maximum atomic E-state index is 11.4. The van der Waals surface area contributed by atoms with Crippen molar-refractivity contribution in [2.24, 2.45) is 0 Å². The number of aryl methyl sites for hydroxylation is 1. The first kappa shape index (κ1) is 12.1. The van der Waals surface area contributed by atoms with Gasteiger partial charge in [-0.1, -0.05) is 12.8 Å². The predicted octanol–water partition coefficient (Wildman–Crippen LogP) is 1.01. The molecule has 0 aliphatic heterocycles. The van der Waals surface area contributed by atoms with Crippen LogP contribution in [0.3, 0.4) is 0 Å². The number of anilines is 1. The molecule has 1 aromatic heterocycles. The number of rotatable bonds is 3. The van der Waals surface area contributed by atoms with Crippen LogP contribution in [0.1, 0.15) is 36.2 Å². The molecular weight excluding hydrogens is 206 g/mol. The number of methoxy groups -OCH3 is 1. The molecule has 0 bridgehead atoms. The number of aromatic nitrogens is 2. The van der Waals surface area contributed by atoms with E-state index in [1.165, 1.54) is 7.11 Å². The van der Waals surface area contributed by atoms with E-state index < -0.39 is 5.97 Å². The molecule has 16 heavy (non-hydrogen) atoms. The highest BCUT2D eigenvalue weighted by Gasteiger charge is 2.22.